The molecular formula is C13H20O4. The standard InChI is InChI=1S/C13H20O4/c1-11(2)12(3)6-7-13(11,10(15)17-5)8(12)9(14)16-4/h8H,6-7H2,1-5H3/t8-,12-,13-/m1/s1. The number of fused-ring (bicyclic) bond motifs is 1. The van der Waals surface area contributed by atoms with Crippen LogP contribution < -0.4 is 0 Å². The molecule has 4 nitrogen and oxygen atoms in total. The Kier molecular flexibility index (Phi) is 2.36. The van der Waals surface area contributed by atoms with Crippen molar-refractivity contribution in [1.82, 2.24) is 0 Å². The van der Waals surface area contributed by atoms with Gasteiger partial charge in [0.1, 0.15) is 0 Å². The molecule has 4 heteroatoms. The normalized spacial score (nSPS) is 41.6. The molecular weight excluding hydrogens is 220 g/mol. The number of carbonyl (C=O) groups is 2. The lowest BCUT2D eigenvalue weighted by Gasteiger charge is -2.63. The van der Waals surface area contributed by atoms with Gasteiger partial charge >= 0.3 is 11.9 Å². The first-order valence-electron chi connectivity index (χ1n) is 5.96. The van der Waals surface area contributed by atoms with Crippen LogP contribution in [0.5, 0.6) is 0 Å². The van der Waals surface area contributed by atoms with Gasteiger partial charge in [0.05, 0.1) is 25.6 Å². The SMILES string of the molecule is COC(=O)[C@H]1[C@@]2(C(=O)OC)CC[C@@]1(C)C2(C)C. The highest BCUT2D eigenvalue weighted by Crippen LogP contribution is 2.81. The van der Waals surface area contributed by atoms with Crippen molar-refractivity contribution in [3.63, 3.8) is 0 Å². The van der Waals surface area contributed by atoms with Crippen molar-refractivity contribution in [2.24, 2.45) is 22.2 Å². The summed E-state index contributed by atoms with van der Waals surface area (Å²) in [6, 6.07) is 0. The molecule has 3 aliphatic carbocycles. The highest BCUT2D eigenvalue weighted by molar-refractivity contribution is 5.91. The number of esters is 2. The predicted octanol–water partition coefficient (Wildman–Crippen LogP) is 1.77. The van der Waals surface area contributed by atoms with Crippen LogP contribution in [0.4, 0.5) is 0 Å². The third-order valence-corrected chi connectivity index (χ3v) is 5.70. The first-order chi connectivity index (χ1) is 7.79. The van der Waals surface area contributed by atoms with Gasteiger partial charge < -0.3 is 9.47 Å². The quantitative estimate of drug-likeness (QED) is 0.690. The minimum atomic E-state index is -0.691. The van der Waals surface area contributed by atoms with E-state index in [1.807, 2.05) is 0 Å². The van der Waals surface area contributed by atoms with E-state index in [1.165, 1.54) is 14.2 Å². The molecule has 0 aromatic rings. The molecule has 0 N–H and O–H groups in total. The molecule has 3 aliphatic rings. The predicted molar refractivity (Wildman–Crippen MR) is 61.1 cm³/mol. The highest BCUT2D eigenvalue weighted by Gasteiger charge is 2.83. The molecule has 0 radical (unpaired) electrons. The van der Waals surface area contributed by atoms with Crippen molar-refractivity contribution in [1.29, 1.82) is 0 Å². The van der Waals surface area contributed by atoms with Gasteiger partial charge in [-0.3, -0.25) is 9.59 Å². The van der Waals surface area contributed by atoms with Gasteiger partial charge in [0.2, 0.25) is 0 Å². The van der Waals surface area contributed by atoms with Crippen LogP contribution in [0.2, 0.25) is 0 Å². The molecule has 17 heavy (non-hydrogen) atoms. The first-order valence-corrected chi connectivity index (χ1v) is 5.96. The van der Waals surface area contributed by atoms with Gasteiger partial charge in [0.15, 0.2) is 0 Å². The number of hydrogen-bond acceptors (Lipinski definition) is 4. The fraction of sp³-hybridized carbons (Fsp3) is 0.846. The highest BCUT2D eigenvalue weighted by atomic mass is 16.5. The fourth-order valence-electron chi connectivity index (χ4n) is 4.30. The maximum absolute atomic E-state index is 12.1. The molecule has 0 heterocycles. The second kappa shape index (κ2) is 3.24. The maximum Gasteiger partial charge on any atom is 0.313 e. The topological polar surface area (TPSA) is 52.6 Å². The van der Waals surface area contributed by atoms with Crippen molar-refractivity contribution in [3.05, 3.63) is 0 Å². The summed E-state index contributed by atoms with van der Waals surface area (Å²) in [5, 5.41) is 0. The number of methoxy groups -OCH3 is 2. The van der Waals surface area contributed by atoms with Crippen LogP contribution in [0.3, 0.4) is 0 Å². The van der Waals surface area contributed by atoms with Crippen LogP contribution in [0.1, 0.15) is 33.6 Å². The lowest BCUT2D eigenvalue weighted by atomic mass is 9.38. The van der Waals surface area contributed by atoms with Gasteiger partial charge in [-0.25, -0.2) is 0 Å². The molecule has 0 aromatic carbocycles. The Labute approximate surface area is 102 Å². The second-order valence-electron chi connectivity index (χ2n) is 5.96. The fourth-order valence-corrected chi connectivity index (χ4v) is 4.30. The Morgan fingerprint density at radius 3 is 2.06 bits per heavy atom. The van der Waals surface area contributed by atoms with Crippen LogP contribution in [0.15, 0.2) is 0 Å². The van der Waals surface area contributed by atoms with Gasteiger partial charge in [-0.2, -0.15) is 0 Å². The van der Waals surface area contributed by atoms with Crippen LogP contribution in [0.25, 0.3) is 0 Å². The zero-order chi connectivity index (χ0) is 13.1. The summed E-state index contributed by atoms with van der Waals surface area (Å²) >= 11 is 0. The minimum absolute atomic E-state index is 0.158. The molecule has 0 aliphatic heterocycles. The Hall–Kier alpha value is -1.06. The molecule has 0 amide bonds. The molecule has 3 atom stereocenters. The van der Waals surface area contributed by atoms with Crippen molar-refractivity contribution >= 4 is 11.9 Å². The molecule has 0 unspecified atom stereocenters. The zero-order valence-electron chi connectivity index (χ0n) is 11.1. The van der Waals surface area contributed by atoms with E-state index in [-0.39, 0.29) is 28.7 Å². The van der Waals surface area contributed by atoms with E-state index in [0.717, 1.165) is 6.42 Å². The maximum atomic E-state index is 12.1. The number of hydrogen-bond donors (Lipinski definition) is 0. The van der Waals surface area contributed by atoms with E-state index in [1.54, 1.807) is 0 Å². The molecule has 0 spiro atoms. The Bertz CT molecular complexity index is 384. The largest absolute Gasteiger partial charge is 0.469 e. The van der Waals surface area contributed by atoms with Gasteiger partial charge in [-0.1, -0.05) is 20.8 Å². The molecule has 2 bridgehead atoms. The van der Waals surface area contributed by atoms with Crippen LogP contribution >= 0.6 is 0 Å². The summed E-state index contributed by atoms with van der Waals surface area (Å²) in [5.41, 5.74) is -1.07. The Balaban J connectivity index is 2.49. The molecule has 0 saturated heterocycles. The molecule has 0 aromatic heterocycles. The zero-order valence-corrected chi connectivity index (χ0v) is 11.1. The van der Waals surface area contributed by atoms with E-state index >= 15 is 0 Å². The third kappa shape index (κ3) is 1.00. The smallest absolute Gasteiger partial charge is 0.313 e. The van der Waals surface area contributed by atoms with Crippen molar-refractivity contribution in [2.75, 3.05) is 14.2 Å². The van der Waals surface area contributed by atoms with Gasteiger partial charge in [-0.05, 0) is 23.7 Å². The van der Waals surface area contributed by atoms with Crippen molar-refractivity contribution in [2.45, 2.75) is 33.6 Å². The average molecular weight is 240 g/mol. The minimum Gasteiger partial charge on any atom is -0.469 e. The average Bonchev–Trinajstić information content (AvgIpc) is 2.74. The van der Waals surface area contributed by atoms with Crippen LogP contribution in [0, 0.1) is 22.2 Å². The summed E-state index contributed by atoms with van der Waals surface area (Å²) in [6.45, 7) is 6.18. The van der Waals surface area contributed by atoms with Gasteiger partial charge in [0, 0.05) is 0 Å². The summed E-state index contributed by atoms with van der Waals surface area (Å²) < 4.78 is 9.80. The summed E-state index contributed by atoms with van der Waals surface area (Å²) in [7, 11) is 2.76. The Morgan fingerprint density at radius 1 is 1.06 bits per heavy atom. The molecule has 3 fully saturated rings. The van der Waals surface area contributed by atoms with Gasteiger partial charge in [-0.15, -0.1) is 0 Å². The van der Waals surface area contributed by atoms with E-state index in [4.69, 9.17) is 9.47 Å². The van der Waals surface area contributed by atoms with Gasteiger partial charge in [0.25, 0.3) is 0 Å². The lowest BCUT2D eigenvalue weighted by molar-refractivity contribution is -0.227. The van der Waals surface area contributed by atoms with Crippen molar-refractivity contribution in [3.8, 4) is 0 Å². The van der Waals surface area contributed by atoms with Crippen LogP contribution in [-0.4, -0.2) is 26.2 Å². The number of ether oxygens (including phenoxy) is 2. The van der Waals surface area contributed by atoms with E-state index in [0.29, 0.717) is 6.42 Å². The van der Waals surface area contributed by atoms with E-state index < -0.39 is 5.41 Å². The summed E-state index contributed by atoms with van der Waals surface area (Å²) in [6.07, 6.45) is 1.58. The second-order valence-corrected chi connectivity index (χ2v) is 5.96. The monoisotopic (exact) mass is 240 g/mol. The molecule has 3 saturated carbocycles. The number of carbonyl (C=O) groups excluding carboxylic acids is 2. The van der Waals surface area contributed by atoms with E-state index in [9.17, 15) is 9.59 Å². The van der Waals surface area contributed by atoms with Crippen molar-refractivity contribution < 1.29 is 19.1 Å². The Morgan fingerprint density at radius 2 is 1.65 bits per heavy atom. The van der Waals surface area contributed by atoms with E-state index in [2.05, 4.69) is 20.8 Å². The third-order valence-electron chi connectivity index (χ3n) is 5.70. The molecule has 3 rings (SSSR count). The number of rotatable bonds is 2. The summed E-state index contributed by atoms with van der Waals surface area (Å²) in [5.74, 6) is -0.912. The first kappa shape index (κ1) is 12.4. The molecule has 96 valence electrons. The summed E-state index contributed by atoms with van der Waals surface area (Å²) in [4.78, 5) is 24.1. The lowest BCUT2D eigenvalue weighted by Crippen LogP contribution is -2.68. The van der Waals surface area contributed by atoms with Crippen LogP contribution in [-0.2, 0) is 19.1 Å².